The standard InChI is InChI=1S/C20H26N6O6/c1-13-21-17(29-23-13)15-7-5-9-25(3,11-15)31-19(27)20(28)32-26(4)10-6-8-16(12-26)18-22-14(2)24-30-18/h7-8H,5-6,9-12H2,1-4H3/q+2. The van der Waals surface area contributed by atoms with Crippen molar-refractivity contribution in [3.63, 3.8) is 0 Å². The van der Waals surface area contributed by atoms with E-state index in [9.17, 15) is 9.59 Å². The predicted molar refractivity (Wildman–Crippen MR) is 107 cm³/mol. The summed E-state index contributed by atoms with van der Waals surface area (Å²) in [5.41, 5.74) is 1.53. The summed E-state index contributed by atoms with van der Waals surface area (Å²) in [5.74, 6) is -0.314. The summed E-state index contributed by atoms with van der Waals surface area (Å²) in [5, 5.41) is 7.59. The van der Waals surface area contributed by atoms with Crippen molar-refractivity contribution in [2.45, 2.75) is 26.7 Å². The van der Waals surface area contributed by atoms with Gasteiger partial charge in [-0.05, 0) is 13.8 Å². The van der Waals surface area contributed by atoms with E-state index in [1.54, 1.807) is 27.9 Å². The number of hydrogen-bond donors (Lipinski definition) is 0. The van der Waals surface area contributed by atoms with Crippen LogP contribution >= 0.6 is 0 Å². The quantitative estimate of drug-likeness (QED) is 0.498. The second kappa shape index (κ2) is 8.28. The van der Waals surface area contributed by atoms with E-state index in [0.717, 1.165) is 11.1 Å². The molecule has 0 radical (unpaired) electrons. The molecule has 0 saturated heterocycles. The van der Waals surface area contributed by atoms with E-state index in [4.69, 9.17) is 18.7 Å². The van der Waals surface area contributed by atoms with Crippen LogP contribution in [-0.2, 0) is 19.3 Å². The molecule has 170 valence electrons. The average Bonchev–Trinajstić information content (AvgIpc) is 3.36. The zero-order valence-corrected chi connectivity index (χ0v) is 18.5. The van der Waals surface area contributed by atoms with Gasteiger partial charge in [0, 0.05) is 12.8 Å². The number of hydroxylamine groups is 6. The first-order chi connectivity index (χ1) is 15.1. The third kappa shape index (κ3) is 4.75. The number of likely N-dealkylation sites (N-methyl/N-ethyl adjacent to an activating group) is 2. The molecule has 4 heterocycles. The molecule has 2 aromatic heterocycles. The number of rotatable bonds is 4. The number of aromatic nitrogens is 4. The Kier molecular flexibility index (Phi) is 5.65. The Morgan fingerprint density at radius 1 is 0.812 bits per heavy atom. The second-order valence-corrected chi connectivity index (χ2v) is 8.44. The van der Waals surface area contributed by atoms with Crippen LogP contribution in [0.2, 0.25) is 0 Å². The predicted octanol–water partition coefficient (Wildman–Crippen LogP) is 1.15. The van der Waals surface area contributed by atoms with Crippen molar-refractivity contribution in [1.82, 2.24) is 20.3 Å². The highest BCUT2D eigenvalue weighted by atomic mass is 16.8. The minimum atomic E-state index is -1.06. The average molecular weight is 446 g/mol. The Bertz CT molecular complexity index is 1020. The molecule has 32 heavy (non-hydrogen) atoms. The molecule has 0 N–H and O–H groups in total. The van der Waals surface area contributed by atoms with Crippen molar-refractivity contribution in [1.29, 1.82) is 0 Å². The Labute approximate surface area is 184 Å². The van der Waals surface area contributed by atoms with Crippen LogP contribution in [0.3, 0.4) is 0 Å². The van der Waals surface area contributed by atoms with Gasteiger partial charge in [0.05, 0.1) is 11.1 Å². The summed E-state index contributed by atoms with van der Waals surface area (Å²) in [7, 11) is 3.44. The SMILES string of the molecule is Cc1noc(C2=CCC[N+](C)(OC(=O)C(=O)O[N+]3(C)CCC=C(c4nc(C)no4)C3)C2)n1. The van der Waals surface area contributed by atoms with Crippen LogP contribution in [0.25, 0.3) is 11.1 Å². The highest BCUT2D eigenvalue weighted by molar-refractivity contribution is 6.29. The van der Waals surface area contributed by atoms with Crippen molar-refractivity contribution in [3.05, 3.63) is 35.6 Å². The molecule has 12 nitrogen and oxygen atoms in total. The summed E-state index contributed by atoms with van der Waals surface area (Å²) < 4.78 is 10.2. The fraction of sp³-hybridized carbons (Fsp3) is 0.500. The van der Waals surface area contributed by atoms with Crippen LogP contribution in [0, 0.1) is 13.8 Å². The molecule has 0 amide bonds. The lowest BCUT2D eigenvalue weighted by atomic mass is 10.1. The summed E-state index contributed by atoms with van der Waals surface area (Å²) in [6, 6.07) is 0. The molecule has 2 aromatic rings. The van der Waals surface area contributed by atoms with E-state index in [0.29, 0.717) is 62.5 Å². The maximum absolute atomic E-state index is 12.6. The Morgan fingerprint density at radius 3 is 1.56 bits per heavy atom. The zero-order valence-electron chi connectivity index (χ0n) is 18.5. The Hall–Kier alpha value is -3.38. The molecular formula is C20H26N6O6+2. The molecule has 0 aromatic carbocycles. The number of aryl methyl sites for hydroxylation is 2. The van der Waals surface area contributed by atoms with Gasteiger partial charge in [-0.1, -0.05) is 22.5 Å². The number of quaternary nitrogens is 2. The molecule has 0 fully saturated rings. The summed E-state index contributed by atoms with van der Waals surface area (Å²) >= 11 is 0. The van der Waals surface area contributed by atoms with E-state index < -0.39 is 11.9 Å². The van der Waals surface area contributed by atoms with Gasteiger partial charge in [0.2, 0.25) is 0 Å². The number of nitrogens with zero attached hydrogens (tertiary/aromatic N) is 6. The summed E-state index contributed by atoms with van der Waals surface area (Å²) in [6.07, 6.45) is 5.18. The fourth-order valence-electron chi connectivity index (χ4n) is 3.83. The van der Waals surface area contributed by atoms with Crippen LogP contribution in [0.15, 0.2) is 21.2 Å². The Morgan fingerprint density at radius 2 is 1.22 bits per heavy atom. The number of carbonyl (C=O) groups is 2. The van der Waals surface area contributed by atoms with Crippen molar-refractivity contribution < 1.29 is 37.6 Å². The highest BCUT2D eigenvalue weighted by Gasteiger charge is 2.41. The normalized spacial score (nSPS) is 25.6. The lowest BCUT2D eigenvalue weighted by molar-refractivity contribution is -1.07. The van der Waals surface area contributed by atoms with Gasteiger partial charge in [0.1, 0.15) is 40.3 Å². The molecule has 0 saturated carbocycles. The van der Waals surface area contributed by atoms with Gasteiger partial charge in [-0.15, -0.1) is 9.29 Å². The van der Waals surface area contributed by atoms with E-state index in [1.165, 1.54) is 0 Å². The van der Waals surface area contributed by atoms with Gasteiger partial charge in [-0.25, -0.2) is 9.59 Å². The summed E-state index contributed by atoms with van der Waals surface area (Å²) in [6.45, 7) is 5.07. The molecule has 12 heteroatoms. The van der Waals surface area contributed by atoms with Crippen LogP contribution in [0.5, 0.6) is 0 Å². The molecule has 0 bridgehead atoms. The third-order valence-electron chi connectivity index (χ3n) is 5.37. The van der Waals surface area contributed by atoms with Crippen LogP contribution in [0.4, 0.5) is 0 Å². The lowest BCUT2D eigenvalue weighted by Crippen LogP contribution is -2.53. The molecule has 2 aliphatic rings. The molecule has 4 rings (SSSR count). The van der Waals surface area contributed by atoms with Crippen molar-refractivity contribution in [2.24, 2.45) is 0 Å². The molecule has 0 aliphatic carbocycles. The van der Waals surface area contributed by atoms with Gasteiger partial charge in [-0.3, -0.25) is 9.68 Å². The lowest BCUT2D eigenvalue weighted by Gasteiger charge is -2.34. The van der Waals surface area contributed by atoms with E-state index in [2.05, 4.69) is 20.3 Å². The first-order valence-electron chi connectivity index (χ1n) is 10.3. The van der Waals surface area contributed by atoms with E-state index in [-0.39, 0.29) is 9.29 Å². The van der Waals surface area contributed by atoms with Crippen LogP contribution in [0.1, 0.15) is 36.3 Å². The van der Waals surface area contributed by atoms with Gasteiger partial charge in [0.15, 0.2) is 11.6 Å². The molecule has 2 unspecified atom stereocenters. The van der Waals surface area contributed by atoms with Crippen molar-refractivity contribution >= 4 is 23.1 Å². The maximum Gasteiger partial charge on any atom is 0.480 e. The minimum Gasteiger partial charge on any atom is -0.334 e. The largest absolute Gasteiger partial charge is 0.480 e. The maximum atomic E-state index is 12.6. The van der Waals surface area contributed by atoms with Crippen LogP contribution < -0.4 is 0 Å². The van der Waals surface area contributed by atoms with Gasteiger partial charge >= 0.3 is 11.9 Å². The topological polar surface area (TPSA) is 130 Å². The number of carbonyl (C=O) groups excluding carboxylic acids is 2. The van der Waals surface area contributed by atoms with Crippen molar-refractivity contribution in [2.75, 3.05) is 40.3 Å². The minimum absolute atomic E-state index is 0.128. The number of hydrogen-bond acceptors (Lipinski definition) is 10. The molecular weight excluding hydrogens is 420 g/mol. The first kappa shape index (κ1) is 21.8. The second-order valence-electron chi connectivity index (χ2n) is 8.44. The summed E-state index contributed by atoms with van der Waals surface area (Å²) in [4.78, 5) is 44.7. The fourth-order valence-corrected chi connectivity index (χ4v) is 3.83. The monoisotopic (exact) mass is 446 g/mol. The van der Waals surface area contributed by atoms with Crippen molar-refractivity contribution in [3.8, 4) is 0 Å². The third-order valence-corrected chi connectivity index (χ3v) is 5.37. The Balaban J connectivity index is 1.38. The highest BCUT2D eigenvalue weighted by Crippen LogP contribution is 2.26. The van der Waals surface area contributed by atoms with Gasteiger partial charge in [-0.2, -0.15) is 9.97 Å². The van der Waals surface area contributed by atoms with E-state index in [1.807, 2.05) is 12.2 Å². The molecule has 2 aliphatic heterocycles. The zero-order chi connectivity index (χ0) is 22.9. The van der Waals surface area contributed by atoms with Gasteiger partial charge < -0.3 is 9.05 Å². The smallest absolute Gasteiger partial charge is 0.334 e. The molecule has 2 atom stereocenters. The first-order valence-corrected chi connectivity index (χ1v) is 10.3. The van der Waals surface area contributed by atoms with E-state index >= 15 is 0 Å². The molecule has 0 spiro atoms. The van der Waals surface area contributed by atoms with Crippen LogP contribution in [-0.4, -0.2) is 81.8 Å². The van der Waals surface area contributed by atoms with Gasteiger partial charge in [0.25, 0.3) is 11.8 Å².